The SMILES string of the molecule is CC(=O)NC[C@H]1CCCN(Cc2cccn2C)C1. The van der Waals surface area contributed by atoms with E-state index >= 15 is 0 Å². The van der Waals surface area contributed by atoms with Gasteiger partial charge in [0.1, 0.15) is 0 Å². The van der Waals surface area contributed by atoms with E-state index < -0.39 is 0 Å². The molecule has 1 atom stereocenters. The predicted molar refractivity (Wildman–Crippen MR) is 72.1 cm³/mol. The summed E-state index contributed by atoms with van der Waals surface area (Å²) in [7, 11) is 2.09. The first-order valence-electron chi connectivity index (χ1n) is 6.72. The van der Waals surface area contributed by atoms with Gasteiger partial charge in [-0.3, -0.25) is 9.69 Å². The zero-order valence-electron chi connectivity index (χ0n) is 11.4. The van der Waals surface area contributed by atoms with Gasteiger partial charge >= 0.3 is 0 Å². The van der Waals surface area contributed by atoms with Gasteiger partial charge in [-0.05, 0) is 37.4 Å². The number of likely N-dealkylation sites (tertiary alicyclic amines) is 1. The van der Waals surface area contributed by atoms with Gasteiger partial charge in [-0.15, -0.1) is 0 Å². The van der Waals surface area contributed by atoms with Crippen molar-refractivity contribution in [2.24, 2.45) is 13.0 Å². The van der Waals surface area contributed by atoms with Gasteiger partial charge in [0.05, 0.1) is 0 Å². The Hall–Kier alpha value is -1.29. The van der Waals surface area contributed by atoms with E-state index in [4.69, 9.17) is 0 Å². The fraction of sp³-hybridized carbons (Fsp3) is 0.643. The van der Waals surface area contributed by atoms with Crippen LogP contribution in [0, 0.1) is 5.92 Å². The lowest BCUT2D eigenvalue weighted by Crippen LogP contribution is -2.40. The minimum Gasteiger partial charge on any atom is -0.356 e. The number of hydrogen-bond donors (Lipinski definition) is 1. The first-order valence-corrected chi connectivity index (χ1v) is 6.72. The van der Waals surface area contributed by atoms with Crippen molar-refractivity contribution in [1.82, 2.24) is 14.8 Å². The molecule has 1 saturated heterocycles. The summed E-state index contributed by atoms with van der Waals surface area (Å²) in [6.07, 6.45) is 4.55. The molecule has 0 aromatic carbocycles. The van der Waals surface area contributed by atoms with E-state index in [9.17, 15) is 4.79 Å². The van der Waals surface area contributed by atoms with Gasteiger partial charge in [0.25, 0.3) is 0 Å². The van der Waals surface area contributed by atoms with Gasteiger partial charge in [-0.25, -0.2) is 0 Å². The molecule has 1 fully saturated rings. The van der Waals surface area contributed by atoms with Crippen molar-refractivity contribution in [3.8, 4) is 0 Å². The first kappa shape index (κ1) is 13.1. The van der Waals surface area contributed by atoms with Crippen LogP contribution in [0.5, 0.6) is 0 Å². The lowest BCUT2D eigenvalue weighted by atomic mass is 9.98. The number of amides is 1. The average Bonchev–Trinajstić information content (AvgIpc) is 2.73. The predicted octanol–water partition coefficient (Wildman–Crippen LogP) is 1.37. The summed E-state index contributed by atoms with van der Waals surface area (Å²) in [5.74, 6) is 0.678. The largest absolute Gasteiger partial charge is 0.356 e. The van der Waals surface area contributed by atoms with E-state index in [0.29, 0.717) is 5.92 Å². The van der Waals surface area contributed by atoms with E-state index in [1.807, 2.05) is 0 Å². The Balaban J connectivity index is 1.83. The average molecular weight is 249 g/mol. The quantitative estimate of drug-likeness (QED) is 0.875. The van der Waals surface area contributed by atoms with Crippen LogP contribution in [0.25, 0.3) is 0 Å². The topological polar surface area (TPSA) is 37.3 Å². The van der Waals surface area contributed by atoms with Crippen LogP contribution in [0.2, 0.25) is 0 Å². The molecule has 1 aromatic heterocycles. The third kappa shape index (κ3) is 3.60. The molecular formula is C14H23N3O. The minimum atomic E-state index is 0.0783. The minimum absolute atomic E-state index is 0.0783. The highest BCUT2D eigenvalue weighted by Gasteiger charge is 2.20. The van der Waals surface area contributed by atoms with Crippen molar-refractivity contribution >= 4 is 5.91 Å². The summed E-state index contributed by atoms with van der Waals surface area (Å²) in [5, 5.41) is 2.94. The number of aromatic nitrogens is 1. The second-order valence-corrected chi connectivity index (χ2v) is 5.29. The summed E-state index contributed by atoms with van der Waals surface area (Å²) >= 11 is 0. The van der Waals surface area contributed by atoms with Crippen LogP contribution in [0.1, 0.15) is 25.5 Å². The van der Waals surface area contributed by atoms with Crippen molar-refractivity contribution in [1.29, 1.82) is 0 Å². The maximum Gasteiger partial charge on any atom is 0.216 e. The molecule has 2 rings (SSSR count). The van der Waals surface area contributed by atoms with Crippen molar-refractivity contribution in [3.05, 3.63) is 24.0 Å². The van der Waals surface area contributed by atoms with Crippen LogP contribution in [0.15, 0.2) is 18.3 Å². The van der Waals surface area contributed by atoms with E-state index in [0.717, 1.165) is 19.6 Å². The monoisotopic (exact) mass is 249 g/mol. The number of aryl methyl sites for hydroxylation is 1. The molecular weight excluding hydrogens is 226 g/mol. The molecule has 0 saturated carbocycles. The number of carbonyl (C=O) groups excluding carboxylic acids is 1. The number of rotatable bonds is 4. The molecule has 1 N–H and O–H groups in total. The lowest BCUT2D eigenvalue weighted by molar-refractivity contribution is -0.119. The highest BCUT2D eigenvalue weighted by Crippen LogP contribution is 2.18. The Bertz CT molecular complexity index is 399. The van der Waals surface area contributed by atoms with E-state index in [-0.39, 0.29) is 5.91 Å². The number of hydrogen-bond acceptors (Lipinski definition) is 2. The Kier molecular flexibility index (Phi) is 4.42. The molecule has 0 spiro atoms. The molecule has 0 radical (unpaired) electrons. The molecule has 1 aliphatic heterocycles. The fourth-order valence-electron chi connectivity index (χ4n) is 2.64. The number of piperidine rings is 1. The summed E-state index contributed by atoms with van der Waals surface area (Å²) in [6, 6.07) is 4.27. The number of nitrogens with one attached hydrogen (secondary N) is 1. The molecule has 1 amide bonds. The van der Waals surface area contributed by atoms with Crippen LogP contribution in [0.3, 0.4) is 0 Å². The van der Waals surface area contributed by atoms with Gasteiger partial charge in [0.2, 0.25) is 5.91 Å². The summed E-state index contributed by atoms with van der Waals surface area (Å²) in [4.78, 5) is 13.4. The van der Waals surface area contributed by atoms with Gasteiger partial charge in [-0.1, -0.05) is 0 Å². The maximum atomic E-state index is 10.9. The molecule has 100 valence electrons. The molecule has 4 heteroatoms. The van der Waals surface area contributed by atoms with E-state index in [1.54, 1.807) is 6.92 Å². The van der Waals surface area contributed by atoms with Crippen LogP contribution in [-0.2, 0) is 18.4 Å². The van der Waals surface area contributed by atoms with E-state index in [1.165, 1.54) is 25.1 Å². The lowest BCUT2D eigenvalue weighted by Gasteiger charge is -2.32. The molecule has 2 heterocycles. The zero-order chi connectivity index (χ0) is 13.0. The molecule has 4 nitrogen and oxygen atoms in total. The van der Waals surface area contributed by atoms with Gasteiger partial charge in [0.15, 0.2) is 0 Å². The van der Waals surface area contributed by atoms with Crippen LogP contribution in [0.4, 0.5) is 0 Å². The van der Waals surface area contributed by atoms with Crippen molar-refractivity contribution in [3.63, 3.8) is 0 Å². The summed E-state index contributed by atoms with van der Waals surface area (Å²) in [5.41, 5.74) is 1.36. The normalized spacial score (nSPS) is 20.9. The van der Waals surface area contributed by atoms with Crippen LogP contribution >= 0.6 is 0 Å². The molecule has 0 aliphatic carbocycles. The van der Waals surface area contributed by atoms with Crippen molar-refractivity contribution in [2.75, 3.05) is 19.6 Å². The second kappa shape index (κ2) is 6.05. The molecule has 18 heavy (non-hydrogen) atoms. The number of carbonyl (C=O) groups is 1. The maximum absolute atomic E-state index is 10.9. The standard InChI is InChI=1S/C14H23N3O/c1-12(18)15-9-13-5-3-8-17(10-13)11-14-6-4-7-16(14)2/h4,6-7,13H,3,5,8-11H2,1-2H3,(H,15,18)/t13-/m1/s1. The smallest absolute Gasteiger partial charge is 0.216 e. The fourth-order valence-corrected chi connectivity index (χ4v) is 2.64. The van der Waals surface area contributed by atoms with Gasteiger partial charge in [0, 0.05) is 45.5 Å². The van der Waals surface area contributed by atoms with Gasteiger partial charge in [-0.2, -0.15) is 0 Å². The van der Waals surface area contributed by atoms with E-state index in [2.05, 4.69) is 40.2 Å². The zero-order valence-corrected chi connectivity index (χ0v) is 11.4. The Morgan fingerprint density at radius 2 is 2.39 bits per heavy atom. The second-order valence-electron chi connectivity index (χ2n) is 5.29. The summed E-state index contributed by atoms with van der Waals surface area (Å²) in [6.45, 7) is 5.68. The van der Waals surface area contributed by atoms with Gasteiger partial charge < -0.3 is 9.88 Å². The number of nitrogens with zero attached hydrogens (tertiary/aromatic N) is 2. The highest BCUT2D eigenvalue weighted by molar-refractivity contribution is 5.72. The van der Waals surface area contributed by atoms with Crippen LogP contribution in [-0.4, -0.2) is 35.0 Å². The van der Waals surface area contributed by atoms with Crippen molar-refractivity contribution < 1.29 is 4.79 Å². The molecule has 0 unspecified atom stereocenters. The Morgan fingerprint density at radius 3 is 3.06 bits per heavy atom. The first-order chi connectivity index (χ1) is 8.65. The molecule has 0 bridgehead atoms. The van der Waals surface area contributed by atoms with Crippen LogP contribution < -0.4 is 5.32 Å². The molecule has 1 aliphatic rings. The Morgan fingerprint density at radius 1 is 1.56 bits per heavy atom. The highest BCUT2D eigenvalue weighted by atomic mass is 16.1. The Labute approximate surface area is 109 Å². The third-order valence-corrected chi connectivity index (χ3v) is 3.68. The third-order valence-electron chi connectivity index (χ3n) is 3.68. The molecule has 1 aromatic rings. The van der Waals surface area contributed by atoms with Crippen molar-refractivity contribution in [2.45, 2.75) is 26.3 Å². The summed E-state index contributed by atoms with van der Waals surface area (Å²) < 4.78 is 2.18.